The van der Waals surface area contributed by atoms with E-state index in [0.717, 1.165) is 11.3 Å². The Bertz CT molecular complexity index is 805. The zero-order valence-electron chi connectivity index (χ0n) is 14.6. The number of nitriles is 1. The van der Waals surface area contributed by atoms with Crippen LogP contribution in [-0.4, -0.2) is 18.0 Å². The Morgan fingerprint density at radius 1 is 1.36 bits per heavy atom. The Hall–Kier alpha value is -3.13. The lowest BCUT2D eigenvalue weighted by Gasteiger charge is -2.11. The molecule has 0 aliphatic heterocycles. The minimum Gasteiger partial charge on any atom is -0.496 e. The molecule has 0 fully saturated rings. The molecule has 0 saturated carbocycles. The van der Waals surface area contributed by atoms with E-state index in [1.807, 2.05) is 36.4 Å². The van der Waals surface area contributed by atoms with Gasteiger partial charge in [0.1, 0.15) is 17.4 Å². The van der Waals surface area contributed by atoms with Crippen LogP contribution in [0.3, 0.4) is 0 Å². The molecule has 0 radical (unpaired) electrons. The highest BCUT2D eigenvalue weighted by Crippen LogP contribution is 2.26. The number of ether oxygens (including phenoxy) is 1. The van der Waals surface area contributed by atoms with E-state index in [0.29, 0.717) is 17.2 Å². The molecule has 2 aromatic rings. The van der Waals surface area contributed by atoms with E-state index in [1.165, 1.54) is 0 Å². The van der Waals surface area contributed by atoms with Gasteiger partial charge in [0.2, 0.25) is 0 Å². The standard InChI is InChI=1S/C20H21N3O2/c1-14(2)15-7-8-19(25-3)16(10-15)11-17(12-21)20(24)23-13-18-6-4-5-9-22-18/h4-11,14H,13H2,1-3H3,(H,23,24)/b17-11+. The summed E-state index contributed by atoms with van der Waals surface area (Å²) in [5.41, 5.74) is 2.57. The molecule has 5 nitrogen and oxygen atoms in total. The average molecular weight is 335 g/mol. The van der Waals surface area contributed by atoms with E-state index in [-0.39, 0.29) is 12.1 Å². The number of carbonyl (C=O) groups is 1. The van der Waals surface area contributed by atoms with Crippen LogP contribution >= 0.6 is 0 Å². The van der Waals surface area contributed by atoms with Crippen molar-refractivity contribution in [3.63, 3.8) is 0 Å². The molecular weight excluding hydrogens is 314 g/mol. The predicted octanol–water partition coefficient (Wildman–Crippen LogP) is 3.44. The lowest BCUT2D eigenvalue weighted by atomic mass is 9.99. The van der Waals surface area contributed by atoms with Gasteiger partial charge in [-0.05, 0) is 41.8 Å². The number of hydrogen-bond acceptors (Lipinski definition) is 4. The average Bonchev–Trinajstić information content (AvgIpc) is 2.64. The van der Waals surface area contributed by atoms with Gasteiger partial charge >= 0.3 is 0 Å². The third-order valence-corrected chi connectivity index (χ3v) is 3.74. The third-order valence-electron chi connectivity index (χ3n) is 3.74. The van der Waals surface area contributed by atoms with E-state index >= 15 is 0 Å². The van der Waals surface area contributed by atoms with Crippen molar-refractivity contribution in [2.24, 2.45) is 0 Å². The van der Waals surface area contributed by atoms with Gasteiger partial charge in [0.15, 0.2) is 0 Å². The Morgan fingerprint density at radius 3 is 2.76 bits per heavy atom. The highest BCUT2D eigenvalue weighted by Gasteiger charge is 2.12. The van der Waals surface area contributed by atoms with Gasteiger partial charge in [0.05, 0.1) is 19.3 Å². The second kappa shape index (κ2) is 8.65. The molecule has 1 amide bonds. The number of nitrogens with one attached hydrogen (secondary N) is 1. The Labute approximate surface area is 148 Å². The fourth-order valence-electron chi connectivity index (χ4n) is 2.30. The Morgan fingerprint density at radius 2 is 2.16 bits per heavy atom. The van der Waals surface area contributed by atoms with Crippen molar-refractivity contribution < 1.29 is 9.53 Å². The quantitative estimate of drug-likeness (QED) is 0.648. The van der Waals surface area contributed by atoms with E-state index in [1.54, 1.807) is 25.4 Å². The summed E-state index contributed by atoms with van der Waals surface area (Å²) in [5.74, 6) is 0.515. The van der Waals surface area contributed by atoms with Gasteiger partial charge in [-0.25, -0.2) is 0 Å². The molecule has 2 rings (SSSR count). The molecule has 1 N–H and O–H groups in total. The maximum Gasteiger partial charge on any atom is 0.262 e. The van der Waals surface area contributed by atoms with Gasteiger partial charge in [-0.15, -0.1) is 0 Å². The SMILES string of the molecule is COc1ccc(C(C)C)cc1/C=C(\C#N)C(=O)NCc1ccccn1. The predicted molar refractivity (Wildman–Crippen MR) is 96.8 cm³/mol. The van der Waals surface area contributed by atoms with Gasteiger partial charge in [-0.2, -0.15) is 5.26 Å². The summed E-state index contributed by atoms with van der Waals surface area (Å²) >= 11 is 0. The zero-order chi connectivity index (χ0) is 18.2. The molecule has 1 aromatic heterocycles. The molecule has 0 aliphatic rings. The fraction of sp³-hybridized carbons (Fsp3) is 0.250. The smallest absolute Gasteiger partial charge is 0.262 e. The van der Waals surface area contributed by atoms with Crippen molar-refractivity contribution >= 4 is 12.0 Å². The first kappa shape index (κ1) is 18.2. The number of pyridine rings is 1. The number of amides is 1. The molecule has 0 bridgehead atoms. The molecule has 5 heteroatoms. The first-order valence-corrected chi connectivity index (χ1v) is 8.03. The molecular formula is C20H21N3O2. The van der Waals surface area contributed by atoms with Gasteiger partial charge in [-0.3, -0.25) is 9.78 Å². The zero-order valence-corrected chi connectivity index (χ0v) is 14.6. The lowest BCUT2D eigenvalue weighted by molar-refractivity contribution is -0.117. The summed E-state index contributed by atoms with van der Waals surface area (Å²) in [6, 6.07) is 13.2. The van der Waals surface area contributed by atoms with Crippen LogP contribution in [-0.2, 0) is 11.3 Å². The van der Waals surface area contributed by atoms with Crippen molar-refractivity contribution in [1.82, 2.24) is 10.3 Å². The molecule has 128 valence electrons. The summed E-state index contributed by atoms with van der Waals surface area (Å²) in [7, 11) is 1.56. The number of carbonyl (C=O) groups excluding carboxylic acids is 1. The van der Waals surface area contributed by atoms with Crippen LogP contribution in [0.25, 0.3) is 6.08 Å². The van der Waals surface area contributed by atoms with Crippen LogP contribution < -0.4 is 10.1 Å². The van der Waals surface area contributed by atoms with Crippen molar-refractivity contribution in [2.45, 2.75) is 26.3 Å². The van der Waals surface area contributed by atoms with E-state index in [9.17, 15) is 10.1 Å². The van der Waals surface area contributed by atoms with Crippen LogP contribution in [0.15, 0.2) is 48.2 Å². The number of methoxy groups -OCH3 is 1. The van der Waals surface area contributed by atoms with Crippen LogP contribution in [0.5, 0.6) is 5.75 Å². The highest BCUT2D eigenvalue weighted by molar-refractivity contribution is 6.01. The summed E-state index contributed by atoms with van der Waals surface area (Å²) in [4.78, 5) is 16.4. The van der Waals surface area contributed by atoms with Crippen molar-refractivity contribution in [3.8, 4) is 11.8 Å². The van der Waals surface area contributed by atoms with Gasteiger partial charge in [-0.1, -0.05) is 26.0 Å². The monoisotopic (exact) mass is 335 g/mol. The molecule has 0 unspecified atom stereocenters. The maximum absolute atomic E-state index is 12.3. The molecule has 25 heavy (non-hydrogen) atoms. The van der Waals surface area contributed by atoms with E-state index < -0.39 is 5.91 Å². The minimum absolute atomic E-state index is 0.0233. The minimum atomic E-state index is -0.440. The van der Waals surface area contributed by atoms with Crippen molar-refractivity contribution in [2.75, 3.05) is 7.11 Å². The van der Waals surface area contributed by atoms with Crippen molar-refractivity contribution in [3.05, 3.63) is 65.0 Å². The highest BCUT2D eigenvalue weighted by atomic mass is 16.5. The van der Waals surface area contributed by atoms with Crippen LogP contribution in [0.1, 0.15) is 36.6 Å². The number of benzene rings is 1. The number of rotatable bonds is 6. The van der Waals surface area contributed by atoms with E-state index in [2.05, 4.69) is 24.1 Å². The molecule has 0 spiro atoms. The van der Waals surface area contributed by atoms with Crippen LogP contribution in [0, 0.1) is 11.3 Å². The maximum atomic E-state index is 12.3. The summed E-state index contributed by atoms with van der Waals surface area (Å²) in [6.45, 7) is 4.43. The third kappa shape index (κ3) is 4.92. The van der Waals surface area contributed by atoms with Crippen LogP contribution in [0.4, 0.5) is 0 Å². The van der Waals surface area contributed by atoms with E-state index in [4.69, 9.17) is 4.74 Å². The largest absolute Gasteiger partial charge is 0.496 e. The number of nitrogens with zero attached hydrogens (tertiary/aromatic N) is 2. The molecule has 0 atom stereocenters. The first-order chi connectivity index (χ1) is 12.0. The van der Waals surface area contributed by atoms with Gasteiger partial charge < -0.3 is 10.1 Å². The number of aromatic nitrogens is 1. The normalized spacial score (nSPS) is 11.1. The topological polar surface area (TPSA) is 75.0 Å². The van der Waals surface area contributed by atoms with Crippen molar-refractivity contribution in [1.29, 1.82) is 5.26 Å². The van der Waals surface area contributed by atoms with Gasteiger partial charge in [0.25, 0.3) is 5.91 Å². The Kier molecular flexibility index (Phi) is 6.30. The summed E-state index contributed by atoms with van der Waals surface area (Å²) in [6.07, 6.45) is 3.21. The molecule has 1 heterocycles. The second-order valence-corrected chi connectivity index (χ2v) is 5.83. The molecule has 0 saturated heterocycles. The van der Waals surface area contributed by atoms with Gasteiger partial charge in [0, 0.05) is 11.8 Å². The Balaban J connectivity index is 2.22. The van der Waals surface area contributed by atoms with Crippen LogP contribution in [0.2, 0.25) is 0 Å². The molecule has 0 aliphatic carbocycles. The first-order valence-electron chi connectivity index (χ1n) is 8.03. The fourth-order valence-corrected chi connectivity index (χ4v) is 2.30. The molecule has 1 aromatic carbocycles. The number of hydrogen-bond donors (Lipinski definition) is 1. The summed E-state index contributed by atoms with van der Waals surface area (Å²) in [5, 5.41) is 12.1. The second-order valence-electron chi connectivity index (χ2n) is 5.83. The lowest BCUT2D eigenvalue weighted by Crippen LogP contribution is -2.24. The summed E-state index contributed by atoms with van der Waals surface area (Å²) < 4.78 is 5.34.